The zero-order chi connectivity index (χ0) is 14.1. The smallest absolute Gasteiger partial charge is 0.122 e. The van der Waals surface area contributed by atoms with Crippen molar-refractivity contribution in [2.45, 2.75) is 32.1 Å². The van der Waals surface area contributed by atoms with E-state index in [4.69, 9.17) is 17.3 Å². The fraction of sp³-hybridized carbons (Fsp3) is 0.400. The first-order valence-corrected chi connectivity index (χ1v) is 7.28. The number of halogens is 1. The third-order valence-electron chi connectivity index (χ3n) is 3.86. The zero-order valence-electron chi connectivity index (χ0n) is 11.5. The van der Waals surface area contributed by atoms with E-state index in [9.17, 15) is 0 Å². The maximum Gasteiger partial charge on any atom is 0.122 e. The van der Waals surface area contributed by atoms with E-state index in [-0.39, 0.29) is 12.1 Å². The maximum atomic E-state index is 6.23. The van der Waals surface area contributed by atoms with Gasteiger partial charge in [-0.05, 0) is 24.6 Å². The quantitative estimate of drug-likeness (QED) is 0.944. The van der Waals surface area contributed by atoms with Crippen LogP contribution >= 0.6 is 11.6 Å². The molecule has 2 aromatic rings. The third kappa shape index (κ3) is 2.59. The van der Waals surface area contributed by atoms with Crippen molar-refractivity contribution in [3.63, 3.8) is 0 Å². The Morgan fingerprint density at radius 1 is 1.35 bits per heavy atom. The third-order valence-corrected chi connectivity index (χ3v) is 4.09. The predicted octanol–water partition coefficient (Wildman–Crippen LogP) is 2.44. The lowest BCUT2D eigenvalue weighted by atomic mass is 9.98. The van der Waals surface area contributed by atoms with Crippen molar-refractivity contribution in [2.24, 2.45) is 5.73 Å². The van der Waals surface area contributed by atoms with E-state index in [0.29, 0.717) is 0 Å². The van der Waals surface area contributed by atoms with Gasteiger partial charge in [0.25, 0.3) is 0 Å². The molecule has 2 heterocycles. The molecule has 2 unspecified atom stereocenters. The van der Waals surface area contributed by atoms with Crippen molar-refractivity contribution in [3.05, 3.63) is 53.1 Å². The SMILES string of the molecule is CC(N)C(c1cccc(Cl)c1)N1CCn2ccnc2C1. The molecule has 0 spiro atoms. The van der Waals surface area contributed by atoms with Crippen LogP contribution in [-0.4, -0.2) is 27.0 Å². The summed E-state index contributed by atoms with van der Waals surface area (Å²) in [5.41, 5.74) is 7.41. The molecule has 2 atom stereocenters. The Bertz CT molecular complexity index is 593. The van der Waals surface area contributed by atoms with Crippen molar-refractivity contribution in [3.8, 4) is 0 Å². The molecule has 0 fully saturated rings. The second-order valence-corrected chi connectivity index (χ2v) is 5.80. The van der Waals surface area contributed by atoms with E-state index in [1.165, 1.54) is 5.56 Å². The first-order chi connectivity index (χ1) is 9.65. The lowest BCUT2D eigenvalue weighted by molar-refractivity contribution is 0.136. The Kier molecular flexibility index (Phi) is 3.78. The van der Waals surface area contributed by atoms with Crippen LogP contribution in [0.4, 0.5) is 0 Å². The molecule has 0 amide bonds. The van der Waals surface area contributed by atoms with Crippen LogP contribution in [0.25, 0.3) is 0 Å². The Balaban J connectivity index is 1.89. The first kappa shape index (κ1) is 13.6. The Labute approximate surface area is 124 Å². The highest BCUT2D eigenvalue weighted by Crippen LogP contribution is 2.28. The molecule has 1 aliphatic heterocycles. The van der Waals surface area contributed by atoms with Gasteiger partial charge in [-0.3, -0.25) is 4.90 Å². The van der Waals surface area contributed by atoms with Crippen LogP contribution in [0, 0.1) is 0 Å². The summed E-state index contributed by atoms with van der Waals surface area (Å²) in [4.78, 5) is 6.80. The minimum Gasteiger partial charge on any atom is -0.333 e. The fourth-order valence-corrected chi connectivity index (χ4v) is 3.17. The van der Waals surface area contributed by atoms with Gasteiger partial charge in [0.2, 0.25) is 0 Å². The summed E-state index contributed by atoms with van der Waals surface area (Å²) in [5.74, 6) is 1.10. The van der Waals surface area contributed by atoms with Crippen molar-refractivity contribution >= 4 is 11.6 Å². The topological polar surface area (TPSA) is 47.1 Å². The minimum absolute atomic E-state index is 0.0370. The van der Waals surface area contributed by atoms with Crippen LogP contribution < -0.4 is 5.73 Å². The highest BCUT2D eigenvalue weighted by Gasteiger charge is 2.28. The van der Waals surface area contributed by atoms with Crippen LogP contribution in [-0.2, 0) is 13.1 Å². The summed E-state index contributed by atoms with van der Waals surface area (Å²) >= 11 is 6.12. The number of hydrogen-bond acceptors (Lipinski definition) is 3. The number of rotatable bonds is 3. The molecular weight excluding hydrogens is 272 g/mol. The van der Waals surface area contributed by atoms with E-state index in [1.807, 2.05) is 37.5 Å². The minimum atomic E-state index is 0.0370. The van der Waals surface area contributed by atoms with E-state index >= 15 is 0 Å². The van der Waals surface area contributed by atoms with Crippen LogP contribution in [0.15, 0.2) is 36.7 Å². The number of aromatic nitrogens is 2. The number of nitrogens with zero attached hydrogens (tertiary/aromatic N) is 3. The Morgan fingerprint density at radius 3 is 2.95 bits per heavy atom. The van der Waals surface area contributed by atoms with Crippen molar-refractivity contribution in [1.29, 1.82) is 0 Å². The summed E-state index contributed by atoms with van der Waals surface area (Å²) in [6, 6.07) is 8.19. The van der Waals surface area contributed by atoms with Gasteiger partial charge in [0.15, 0.2) is 0 Å². The molecule has 5 heteroatoms. The normalized spacial score (nSPS) is 18.6. The molecule has 0 saturated heterocycles. The van der Waals surface area contributed by atoms with Crippen LogP contribution in [0.5, 0.6) is 0 Å². The Morgan fingerprint density at radius 2 is 2.20 bits per heavy atom. The molecular formula is C15H19ClN4. The van der Waals surface area contributed by atoms with Gasteiger partial charge in [0, 0.05) is 36.5 Å². The molecule has 2 N–H and O–H groups in total. The second kappa shape index (κ2) is 5.56. The molecule has 1 aromatic heterocycles. The highest BCUT2D eigenvalue weighted by molar-refractivity contribution is 6.30. The van der Waals surface area contributed by atoms with Gasteiger partial charge in [-0.2, -0.15) is 0 Å². The van der Waals surface area contributed by atoms with Gasteiger partial charge in [-0.25, -0.2) is 4.98 Å². The highest BCUT2D eigenvalue weighted by atomic mass is 35.5. The van der Waals surface area contributed by atoms with Gasteiger partial charge in [-0.1, -0.05) is 23.7 Å². The average molecular weight is 291 g/mol. The molecule has 3 rings (SSSR count). The monoisotopic (exact) mass is 290 g/mol. The standard InChI is InChI=1S/C15H19ClN4/c1-11(17)15(12-3-2-4-13(16)9-12)20-8-7-19-6-5-18-14(19)10-20/h2-6,9,11,15H,7-8,10,17H2,1H3. The summed E-state index contributed by atoms with van der Waals surface area (Å²) in [6.45, 7) is 4.81. The van der Waals surface area contributed by atoms with Crippen LogP contribution in [0.1, 0.15) is 24.4 Å². The van der Waals surface area contributed by atoms with Gasteiger partial charge < -0.3 is 10.3 Å². The lowest BCUT2D eigenvalue weighted by Crippen LogP contribution is -2.43. The van der Waals surface area contributed by atoms with E-state index in [1.54, 1.807) is 0 Å². The summed E-state index contributed by atoms with van der Waals surface area (Å²) < 4.78 is 2.20. The lowest BCUT2D eigenvalue weighted by Gasteiger charge is -2.37. The molecule has 1 aromatic carbocycles. The van der Waals surface area contributed by atoms with Crippen molar-refractivity contribution in [2.75, 3.05) is 6.54 Å². The number of fused-ring (bicyclic) bond motifs is 1. The maximum absolute atomic E-state index is 6.23. The summed E-state index contributed by atoms with van der Waals surface area (Å²) in [7, 11) is 0. The van der Waals surface area contributed by atoms with Gasteiger partial charge in [0.1, 0.15) is 5.82 Å². The van der Waals surface area contributed by atoms with E-state index in [0.717, 1.165) is 30.5 Å². The number of benzene rings is 1. The van der Waals surface area contributed by atoms with Crippen molar-refractivity contribution < 1.29 is 0 Å². The molecule has 0 aliphatic carbocycles. The molecule has 20 heavy (non-hydrogen) atoms. The van der Waals surface area contributed by atoms with Crippen molar-refractivity contribution in [1.82, 2.24) is 14.5 Å². The van der Waals surface area contributed by atoms with Gasteiger partial charge >= 0.3 is 0 Å². The zero-order valence-corrected chi connectivity index (χ0v) is 12.3. The van der Waals surface area contributed by atoms with E-state index < -0.39 is 0 Å². The van der Waals surface area contributed by atoms with Gasteiger partial charge in [-0.15, -0.1) is 0 Å². The number of nitrogens with two attached hydrogens (primary N) is 1. The molecule has 0 bridgehead atoms. The van der Waals surface area contributed by atoms with E-state index in [2.05, 4.69) is 20.5 Å². The Hall–Kier alpha value is -1.36. The largest absolute Gasteiger partial charge is 0.333 e. The molecule has 1 aliphatic rings. The fourth-order valence-electron chi connectivity index (χ4n) is 2.97. The van der Waals surface area contributed by atoms with Gasteiger partial charge in [0.05, 0.1) is 12.6 Å². The summed E-state index contributed by atoms with van der Waals surface area (Å²) in [5, 5.41) is 0.756. The molecule has 0 radical (unpaired) electrons. The average Bonchev–Trinajstić information content (AvgIpc) is 2.86. The number of hydrogen-bond donors (Lipinski definition) is 1. The molecule has 4 nitrogen and oxygen atoms in total. The summed E-state index contributed by atoms with van der Waals surface area (Å²) in [6.07, 6.45) is 3.89. The first-order valence-electron chi connectivity index (χ1n) is 6.90. The van der Waals surface area contributed by atoms with Crippen LogP contribution in [0.2, 0.25) is 5.02 Å². The second-order valence-electron chi connectivity index (χ2n) is 5.37. The van der Waals surface area contributed by atoms with Crippen LogP contribution in [0.3, 0.4) is 0 Å². The predicted molar refractivity (Wildman–Crippen MR) is 80.5 cm³/mol. The molecule has 106 valence electrons. The molecule has 0 saturated carbocycles. The number of imidazole rings is 1.